The first-order valence-electron chi connectivity index (χ1n) is 10.5. The van der Waals surface area contributed by atoms with Gasteiger partial charge in [0, 0.05) is 44.6 Å². The van der Waals surface area contributed by atoms with Gasteiger partial charge in [0.2, 0.25) is 21.8 Å². The Morgan fingerprint density at radius 2 is 1.55 bits per heavy atom. The number of hydrogen-bond donors (Lipinski definition) is 1. The maximum atomic E-state index is 12.8. The summed E-state index contributed by atoms with van der Waals surface area (Å²) in [7, 11) is -3.17. The number of rotatable bonds is 6. The molecule has 29 heavy (non-hydrogen) atoms. The van der Waals surface area contributed by atoms with Crippen LogP contribution in [0.1, 0.15) is 38.2 Å². The summed E-state index contributed by atoms with van der Waals surface area (Å²) in [5.74, 6) is 0.104. The molecule has 0 atom stereocenters. The van der Waals surface area contributed by atoms with Crippen molar-refractivity contribution in [1.82, 2.24) is 14.5 Å². The molecular formula is C21H31N3O4S. The number of piperidine rings is 2. The first kappa shape index (κ1) is 21.8. The first-order valence-corrected chi connectivity index (χ1v) is 12.1. The first-order chi connectivity index (χ1) is 13.9. The molecule has 0 saturated carbocycles. The van der Waals surface area contributed by atoms with Gasteiger partial charge in [-0.1, -0.05) is 30.3 Å². The van der Waals surface area contributed by atoms with Crippen LogP contribution in [0.5, 0.6) is 0 Å². The van der Waals surface area contributed by atoms with Crippen molar-refractivity contribution in [3.05, 3.63) is 35.9 Å². The minimum Gasteiger partial charge on any atom is -0.352 e. The van der Waals surface area contributed by atoms with Gasteiger partial charge in [0.1, 0.15) is 0 Å². The Morgan fingerprint density at radius 1 is 0.966 bits per heavy atom. The van der Waals surface area contributed by atoms with Crippen LogP contribution in [0, 0.1) is 11.8 Å². The highest BCUT2D eigenvalue weighted by Crippen LogP contribution is 2.25. The summed E-state index contributed by atoms with van der Waals surface area (Å²) in [5, 5.41) is 3.00. The summed E-state index contributed by atoms with van der Waals surface area (Å²) in [6, 6.07) is 9.82. The van der Waals surface area contributed by atoms with Gasteiger partial charge in [-0.3, -0.25) is 9.59 Å². The van der Waals surface area contributed by atoms with Crippen LogP contribution in [0.2, 0.25) is 0 Å². The third-order valence-corrected chi connectivity index (χ3v) is 7.93. The van der Waals surface area contributed by atoms with Crippen molar-refractivity contribution >= 4 is 21.8 Å². The normalized spacial score (nSPS) is 19.8. The highest BCUT2D eigenvalue weighted by atomic mass is 32.2. The van der Waals surface area contributed by atoms with Crippen molar-refractivity contribution in [3.8, 4) is 0 Å². The molecule has 0 bridgehead atoms. The molecule has 2 aliphatic heterocycles. The molecule has 1 aromatic rings. The van der Waals surface area contributed by atoms with Crippen molar-refractivity contribution in [3.63, 3.8) is 0 Å². The van der Waals surface area contributed by atoms with E-state index in [2.05, 4.69) is 5.32 Å². The fraction of sp³-hybridized carbons (Fsp3) is 0.619. The molecule has 0 aromatic heterocycles. The van der Waals surface area contributed by atoms with E-state index >= 15 is 0 Å². The molecule has 0 unspecified atom stereocenters. The fourth-order valence-corrected chi connectivity index (χ4v) is 5.25. The molecule has 2 aliphatic rings. The van der Waals surface area contributed by atoms with Crippen LogP contribution in [-0.2, 0) is 26.2 Å². The van der Waals surface area contributed by atoms with Crippen molar-refractivity contribution in [1.29, 1.82) is 0 Å². The van der Waals surface area contributed by atoms with Crippen molar-refractivity contribution in [2.75, 3.05) is 31.9 Å². The van der Waals surface area contributed by atoms with Crippen LogP contribution >= 0.6 is 0 Å². The Balaban J connectivity index is 1.42. The highest BCUT2D eigenvalue weighted by Gasteiger charge is 2.34. The smallest absolute Gasteiger partial charge is 0.225 e. The molecule has 2 amide bonds. The van der Waals surface area contributed by atoms with Gasteiger partial charge in [0.15, 0.2) is 0 Å². The van der Waals surface area contributed by atoms with Gasteiger partial charge in [0.25, 0.3) is 0 Å². The second-order valence-electron chi connectivity index (χ2n) is 7.88. The summed E-state index contributed by atoms with van der Waals surface area (Å²) in [5.41, 5.74) is 1.07. The molecule has 3 rings (SSSR count). The molecule has 0 aliphatic carbocycles. The van der Waals surface area contributed by atoms with E-state index < -0.39 is 10.0 Å². The molecule has 160 valence electrons. The largest absolute Gasteiger partial charge is 0.352 e. The summed E-state index contributed by atoms with van der Waals surface area (Å²) in [6.07, 6.45) is 2.51. The van der Waals surface area contributed by atoms with Gasteiger partial charge in [0.05, 0.1) is 5.75 Å². The van der Waals surface area contributed by atoms with Crippen LogP contribution in [0.4, 0.5) is 0 Å². The molecule has 2 fully saturated rings. The molecule has 0 radical (unpaired) electrons. The zero-order chi connectivity index (χ0) is 20.9. The molecule has 2 saturated heterocycles. The minimum atomic E-state index is -3.17. The Kier molecular flexibility index (Phi) is 7.29. The lowest BCUT2D eigenvalue weighted by molar-refractivity contribution is -0.140. The highest BCUT2D eigenvalue weighted by molar-refractivity contribution is 7.89. The zero-order valence-electron chi connectivity index (χ0n) is 17.0. The average molecular weight is 422 g/mol. The van der Waals surface area contributed by atoms with Gasteiger partial charge in [-0.05, 0) is 38.2 Å². The summed E-state index contributed by atoms with van der Waals surface area (Å²) in [6.45, 7) is 4.20. The van der Waals surface area contributed by atoms with Gasteiger partial charge in [-0.25, -0.2) is 12.7 Å². The van der Waals surface area contributed by atoms with Crippen LogP contribution in [0.25, 0.3) is 0 Å². The van der Waals surface area contributed by atoms with E-state index in [4.69, 9.17) is 0 Å². The van der Waals surface area contributed by atoms with Crippen LogP contribution in [-0.4, -0.2) is 61.4 Å². The quantitative estimate of drug-likeness (QED) is 0.756. The predicted octanol–water partition coefficient (Wildman–Crippen LogP) is 1.60. The van der Waals surface area contributed by atoms with Gasteiger partial charge in [-0.15, -0.1) is 0 Å². The number of sulfonamides is 1. The maximum absolute atomic E-state index is 12.8. The van der Waals surface area contributed by atoms with E-state index in [1.54, 1.807) is 6.92 Å². The SMILES string of the molecule is CCS(=O)(=O)N1CCC(C(=O)N2CCC(C(=O)NCc3ccccc3)CC2)CC1. The molecule has 2 heterocycles. The summed E-state index contributed by atoms with van der Waals surface area (Å²) in [4.78, 5) is 27.1. The third kappa shape index (κ3) is 5.57. The lowest BCUT2D eigenvalue weighted by Crippen LogP contribution is -2.48. The number of carbonyl (C=O) groups is 2. The third-order valence-electron chi connectivity index (χ3n) is 6.05. The predicted molar refractivity (Wildman–Crippen MR) is 111 cm³/mol. The monoisotopic (exact) mass is 421 g/mol. The molecule has 8 heteroatoms. The lowest BCUT2D eigenvalue weighted by Gasteiger charge is -2.36. The van der Waals surface area contributed by atoms with Gasteiger partial charge in [-0.2, -0.15) is 0 Å². The molecule has 0 spiro atoms. The molecule has 1 N–H and O–H groups in total. The molecule has 1 aromatic carbocycles. The zero-order valence-corrected chi connectivity index (χ0v) is 17.9. The Labute approximate surface area is 173 Å². The fourth-order valence-electron chi connectivity index (χ4n) is 4.11. The van der Waals surface area contributed by atoms with Gasteiger partial charge >= 0.3 is 0 Å². The van der Waals surface area contributed by atoms with Crippen molar-refractivity contribution < 1.29 is 18.0 Å². The second-order valence-corrected chi connectivity index (χ2v) is 10.1. The van der Waals surface area contributed by atoms with E-state index in [0.717, 1.165) is 5.56 Å². The van der Waals surface area contributed by atoms with Crippen molar-refractivity contribution in [2.24, 2.45) is 11.8 Å². The Hall–Kier alpha value is -1.93. The van der Waals surface area contributed by atoms with E-state index in [0.29, 0.717) is 58.4 Å². The summed E-state index contributed by atoms with van der Waals surface area (Å²) >= 11 is 0. The number of hydrogen-bond acceptors (Lipinski definition) is 4. The number of nitrogens with one attached hydrogen (secondary N) is 1. The standard InChI is InChI=1S/C21H31N3O4S/c1-2-29(27,28)24-14-10-19(11-15-24)21(26)23-12-8-18(9-13-23)20(25)22-16-17-6-4-3-5-7-17/h3-7,18-19H,2,8-16H2,1H3,(H,22,25). The van der Waals surface area contributed by atoms with Crippen LogP contribution in [0.15, 0.2) is 30.3 Å². The topological polar surface area (TPSA) is 86.8 Å². The minimum absolute atomic E-state index is 0.0547. The molecular weight excluding hydrogens is 390 g/mol. The van der Waals surface area contributed by atoms with E-state index in [1.165, 1.54) is 4.31 Å². The van der Waals surface area contributed by atoms with Crippen molar-refractivity contribution in [2.45, 2.75) is 39.2 Å². The number of carbonyl (C=O) groups excluding carboxylic acids is 2. The lowest BCUT2D eigenvalue weighted by atomic mass is 9.92. The van der Waals surface area contributed by atoms with Crippen LogP contribution < -0.4 is 5.32 Å². The van der Waals surface area contributed by atoms with Crippen LogP contribution in [0.3, 0.4) is 0 Å². The number of amides is 2. The van der Waals surface area contributed by atoms with Gasteiger partial charge < -0.3 is 10.2 Å². The van der Waals surface area contributed by atoms with E-state index in [-0.39, 0.29) is 29.4 Å². The maximum Gasteiger partial charge on any atom is 0.225 e. The Morgan fingerprint density at radius 3 is 2.14 bits per heavy atom. The van der Waals surface area contributed by atoms with E-state index in [1.807, 2.05) is 35.2 Å². The van der Waals surface area contributed by atoms with E-state index in [9.17, 15) is 18.0 Å². The molecule has 7 nitrogen and oxygen atoms in total. The number of likely N-dealkylation sites (tertiary alicyclic amines) is 1. The number of benzene rings is 1. The average Bonchev–Trinajstić information content (AvgIpc) is 2.78. The number of nitrogens with zero attached hydrogens (tertiary/aromatic N) is 2. The summed E-state index contributed by atoms with van der Waals surface area (Å²) < 4.78 is 25.4. The second kappa shape index (κ2) is 9.71. The Bertz CT molecular complexity index is 796.